The molecule has 1 atom stereocenters. The highest BCUT2D eigenvalue weighted by Gasteiger charge is 2.14. The number of anilines is 3. The zero-order chi connectivity index (χ0) is 25.6. The van der Waals surface area contributed by atoms with E-state index in [0.717, 1.165) is 54.5 Å². The topological polar surface area (TPSA) is 105 Å². The van der Waals surface area contributed by atoms with E-state index >= 15 is 0 Å². The summed E-state index contributed by atoms with van der Waals surface area (Å²) in [6.07, 6.45) is 8.55. The molecule has 0 saturated carbocycles. The SMILES string of the molecule is Cc1cncc(C(=O)Nc2cccc(C(C)Nc3cncc(-c4ccc(N5CCOCC5)nc4)n3)c2)c1. The molecule has 4 aromatic rings. The summed E-state index contributed by atoms with van der Waals surface area (Å²) < 4.78 is 5.42. The van der Waals surface area contributed by atoms with Crippen LogP contribution in [0.15, 0.2) is 73.4 Å². The number of carbonyl (C=O) groups is 1. The van der Waals surface area contributed by atoms with Gasteiger partial charge in [-0.15, -0.1) is 0 Å². The smallest absolute Gasteiger partial charge is 0.257 e. The van der Waals surface area contributed by atoms with Crippen molar-refractivity contribution in [2.45, 2.75) is 19.9 Å². The number of aryl methyl sites for hydroxylation is 1. The number of nitrogens with one attached hydrogen (secondary N) is 2. The van der Waals surface area contributed by atoms with Gasteiger partial charge in [0.1, 0.15) is 11.6 Å². The molecule has 0 aliphatic carbocycles. The number of hydrogen-bond acceptors (Lipinski definition) is 8. The van der Waals surface area contributed by atoms with Gasteiger partial charge in [-0.3, -0.25) is 14.8 Å². The average Bonchev–Trinajstić information content (AvgIpc) is 2.94. The standard InChI is InChI=1S/C28H29N7O2/c1-19-12-23(15-29-14-19)28(36)33-24-5-3-4-21(13-24)20(2)32-26-18-30-17-25(34-26)22-6-7-27(31-16-22)35-8-10-37-11-9-35/h3-7,12-18,20H,8-11H2,1-2H3,(H,32,34)(H,33,36). The molecule has 4 heterocycles. The number of carbonyl (C=O) groups excluding carboxylic acids is 1. The Balaban J connectivity index is 1.25. The van der Waals surface area contributed by atoms with Gasteiger partial charge in [0.2, 0.25) is 0 Å². The molecule has 1 amide bonds. The van der Waals surface area contributed by atoms with Gasteiger partial charge in [0.05, 0.1) is 42.9 Å². The first-order valence-electron chi connectivity index (χ1n) is 12.3. The first kappa shape index (κ1) is 24.3. The molecular weight excluding hydrogens is 466 g/mol. The number of aromatic nitrogens is 4. The molecule has 0 bridgehead atoms. The van der Waals surface area contributed by atoms with Gasteiger partial charge in [0, 0.05) is 42.9 Å². The summed E-state index contributed by atoms with van der Waals surface area (Å²) in [4.78, 5) is 32.7. The van der Waals surface area contributed by atoms with Gasteiger partial charge in [-0.1, -0.05) is 12.1 Å². The van der Waals surface area contributed by atoms with Crippen LogP contribution in [0, 0.1) is 6.92 Å². The van der Waals surface area contributed by atoms with E-state index < -0.39 is 0 Å². The molecular formula is C28H29N7O2. The van der Waals surface area contributed by atoms with Crippen molar-refractivity contribution in [3.63, 3.8) is 0 Å². The molecule has 1 unspecified atom stereocenters. The molecule has 2 N–H and O–H groups in total. The quantitative estimate of drug-likeness (QED) is 0.386. The minimum atomic E-state index is -0.194. The van der Waals surface area contributed by atoms with E-state index in [-0.39, 0.29) is 11.9 Å². The lowest BCUT2D eigenvalue weighted by atomic mass is 10.1. The Hall–Kier alpha value is -4.37. The number of morpholine rings is 1. The lowest BCUT2D eigenvalue weighted by molar-refractivity contribution is 0.102. The molecule has 188 valence electrons. The van der Waals surface area contributed by atoms with Gasteiger partial charge >= 0.3 is 0 Å². The Morgan fingerprint density at radius 3 is 2.62 bits per heavy atom. The van der Waals surface area contributed by atoms with E-state index in [4.69, 9.17) is 9.72 Å². The number of ether oxygens (including phenoxy) is 1. The lowest BCUT2D eigenvalue weighted by Crippen LogP contribution is -2.36. The number of benzene rings is 1. The van der Waals surface area contributed by atoms with Gasteiger partial charge in [-0.2, -0.15) is 0 Å². The Labute approximate surface area is 216 Å². The third-order valence-electron chi connectivity index (χ3n) is 6.16. The molecule has 0 radical (unpaired) electrons. The summed E-state index contributed by atoms with van der Waals surface area (Å²) in [5.74, 6) is 1.40. The average molecular weight is 496 g/mol. The first-order chi connectivity index (χ1) is 18.0. The molecule has 0 spiro atoms. The van der Waals surface area contributed by atoms with Crippen LogP contribution in [0.1, 0.15) is 34.5 Å². The number of pyridine rings is 2. The minimum Gasteiger partial charge on any atom is -0.378 e. The van der Waals surface area contributed by atoms with Crippen LogP contribution in [0.4, 0.5) is 17.3 Å². The zero-order valence-electron chi connectivity index (χ0n) is 20.9. The zero-order valence-corrected chi connectivity index (χ0v) is 20.9. The normalized spacial score (nSPS) is 14.2. The highest BCUT2D eigenvalue weighted by molar-refractivity contribution is 6.04. The van der Waals surface area contributed by atoms with Crippen LogP contribution >= 0.6 is 0 Å². The van der Waals surface area contributed by atoms with Gasteiger partial charge in [-0.05, 0) is 55.3 Å². The van der Waals surface area contributed by atoms with Crippen LogP contribution in [0.2, 0.25) is 0 Å². The van der Waals surface area contributed by atoms with E-state index in [0.29, 0.717) is 17.1 Å². The summed E-state index contributed by atoms with van der Waals surface area (Å²) in [6, 6.07) is 13.5. The maximum atomic E-state index is 12.6. The summed E-state index contributed by atoms with van der Waals surface area (Å²) in [5.41, 5.74) is 4.82. The molecule has 1 aliphatic heterocycles. The monoisotopic (exact) mass is 495 g/mol. The second-order valence-electron chi connectivity index (χ2n) is 8.99. The number of nitrogens with zero attached hydrogens (tertiary/aromatic N) is 5. The Morgan fingerprint density at radius 1 is 1.00 bits per heavy atom. The lowest BCUT2D eigenvalue weighted by Gasteiger charge is -2.27. The van der Waals surface area contributed by atoms with E-state index in [1.54, 1.807) is 24.8 Å². The van der Waals surface area contributed by atoms with Crippen LogP contribution in [0.5, 0.6) is 0 Å². The third kappa shape index (κ3) is 6.07. The second-order valence-corrected chi connectivity index (χ2v) is 8.99. The molecule has 1 fully saturated rings. The molecule has 9 heteroatoms. The van der Waals surface area contributed by atoms with Crippen LogP contribution in [0.25, 0.3) is 11.3 Å². The maximum absolute atomic E-state index is 12.6. The molecule has 37 heavy (non-hydrogen) atoms. The number of hydrogen-bond donors (Lipinski definition) is 2. The van der Waals surface area contributed by atoms with Crippen molar-refractivity contribution in [1.82, 2.24) is 19.9 Å². The predicted octanol–water partition coefficient (Wildman–Crippen LogP) is 4.50. The summed E-state index contributed by atoms with van der Waals surface area (Å²) in [5, 5.41) is 6.36. The van der Waals surface area contributed by atoms with E-state index in [1.807, 2.05) is 62.5 Å². The molecule has 9 nitrogen and oxygen atoms in total. The summed E-state index contributed by atoms with van der Waals surface area (Å²) >= 11 is 0. The summed E-state index contributed by atoms with van der Waals surface area (Å²) in [6.45, 7) is 7.08. The third-order valence-corrected chi connectivity index (χ3v) is 6.16. The first-order valence-corrected chi connectivity index (χ1v) is 12.3. The van der Waals surface area contributed by atoms with Crippen molar-refractivity contribution in [3.8, 4) is 11.3 Å². The highest BCUT2D eigenvalue weighted by atomic mass is 16.5. The van der Waals surface area contributed by atoms with Gasteiger partial charge in [0.15, 0.2) is 0 Å². The fourth-order valence-electron chi connectivity index (χ4n) is 4.16. The fraction of sp³-hybridized carbons (Fsp3) is 0.250. The van der Waals surface area contributed by atoms with E-state index in [1.165, 1.54) is 0 Å². The van der Waals surface area contributed by atoms with Crippen molar-refractivity contribution < 1.29 is 9.53 Å². The van der Waals surface area contributed by atoms with Gasteiger partial charge in [-0.25, -0.2) is 9.97 Å². The number of rotatable bonds is 7. The van der Waals surface area contributed by atoms with Crippen molar-refractivity contribution >= 4 is 23.2 Å². The Kier molecular flexibility index (Phi) is 7.32. The second kappa shape index (κ2) is 11.1. The van der Waals surface area contributed by atoms with Crippen LogP contribution < -0.4 is 15.5 Å². The van der Waals surface area contributed by atoms with E-state index in [9.17, 15) is 4.79 Å². The summed E-state index contributed by atoms with van der Waals surface area (Å²) in [7, 11) is 0. The van der Waals surface area contributed by atoms with Gasteiger partial charge < -0.3 is 20.3 Å². The minimum absolute atomic E-state index is 0.0659. The van der Waals surface area contributed by atoms with Crippen molar-refractivity contribution in [2.75, 3.05) is 41.8 Å². The van der Waals surface area contributed by atoms with Crippen molar-refractivity contribution in [2.24, 2.45) is 0 Å². The van der Waals surface area contributed by atoms with E-state index in [2.05, 4.69) is 30.5 Å². The van der Waals surface area contributed by atoms with Crippen LogP contribution in [0.3, 0.4) is 0 Å². The molecule has 1 saturated heterocycles. The molecule has 3 aromatic heterocycles. The molecule has 1 aromatic carbocycles. The molecule has 5 rings (SSSR count). The fourth-order valence-corrected chi connectivity index (χ4v) is 4.16. The predicted molar refractivity (Wildman–Crippen MR) is 144 cm³/mol. The van der Waals surface area contributed by atoms with Crippen LogP contribution in [-0.2, 0) is 4.74 Å². The van der Waals surface area contributed by atoms with Gasteiger partial charge in [0.25, 0.3) is 5.91 Å². The maximum Gasteiger partial charge on any atom is 0.257 e. The largest absolute Gasteiger partial charge is 0.378 e. The van der Waals surface area contributed by atoms with Crippen molar-refractivity contribution in [1.29, 1.82) is 0 Å². The Bertz CT molecular complexity index is 1370. The van der Waals surface area contributed by atoms with Crippen LogP contribution in [-0.4, -0.2) is 52.1 Å². The van der Waals surface area contributed by atoms with Crippen molar-refractivity contribution in [3.05, 3.63) is 90.1 Å². The molecule has 1 aliphatic rings. The Morgan fingerprint density at radius 2 is 1.84 bits per heavy atom. The number of amides is 1. The highest BCUT2D eigenvalue weighted by Crippen LogP contribution is 2.24.